The number of Topliss-reactive ketones (excluding diaryl/α,β-unsaturated/α-hetero) is 1. The second-order valence-electron chi connectivity index (χ2n) is 14.8. The zero-order valence-electron chi connectivity index (χ0n) is 29.6. The number of ketones is 1. The number of benzene rings is 2. The van der Waals surface area contributed by atoms with E-state index in [2.05, 4.69) is 21.3 Å². The summed E-state index contributed by atoms with van der Waals surface area (Å²) in [6, 6.07) is 15.5. The van der Waals surface area contributed by atoms with Gasteiger partial charge in [-0.3, -0.25) is 24.0 Å². The molecule has 1 saturated heterocycles. The summed E-state index contributed by atoms with van der Waals surface area (Å²) in [5.41, 5.74) is 0.957. The van der Waals surface area contributed by atoms with Crippen LogP contribution in [0.2, 0.25) is 0 Å². The van der Waals surface area contributed by atoms with Crippen LogP contribution in [0.4, 0.5) is 0 Å². The van der Waals surface area contributed by atoms with Crippen LogP contribution < -0.4 is 21.3 Å². The molecular formula is C39H54N4O6. The third kappa shape index (κ3) is 12.4. The number of hydrogen-bond acceptors (Lipinski definition) is 6. The van der Waals surface area contributed by atoms with Crippen molar-refractivity contribution in [3.05, 3.63) is 71.8 Å². The van der Waals surface area contributed by atoms with Crippen molar-refractivity contribution in [3.8, 4) is 0 Å². The lowest BCUT2D eigenvalue weighted by Crippen LogP contribution is -2.59. The van der Waals surface area contributed by atoms with E-state index in [1.165, 1.54) is 0 Å². The van der Waals surface area contributed by atoms with Crippen molar-refractivity contribution >= 4 is 29.4 Å². The van der Waals surface area contributed by atoms with Gasteiger partial charge in [-0.25, -0.2) is 0 Å². The molecule has 4 N–H and O–H groups in total. The van der Waals surface area contributed by atoms with Gasteiger partial charge in [-0.15, -0.1) is 0 Å². The molecule has 4 rings (SSSR count). The summed E-state index contributed by atoms with van der Waals surface area (Å²) in [5, 5.41) is 11.7. The Morgan fingerprint density at radius 3 is 1.73 bits per heavy atom. The molecule has 1 aliphatic heterocycles. The van der Waals surface area contributed by atoms with Gasteiger partial charge in [0.15, 0.2) is 5.78 Å². The molecule has 1 aliphatic carbocycles. The molecule has 10 nitrogen and oxygen atoms in total. The lowest BCUT2D eigenvalue weighted by atomic mass is 9.93. The Balaban J connectivity index is 1.51. The van der Waals surface area contributed by atoms with Crippen molar-refractivity contribution in [2.75, 3.05) is 6.61 Å². The SMILES string of the molecule is CC(C)C[C@H](NC(=O)[C@H](CCc1ccccc1)NC(=O)CC1CC1)C(=O)N[C@@H](Cc1ccccc1)C(=O)N[C@@H](CC(C)C)C(=O)[C@@]1(C)CO1. The van der Waals surface area contributed by atoms with Gasteiger partial charge < -0.3 is 26.0 Å². The van der Waals surface area contributed by atoms with E-state index in [1.807, 2.05) is 88.4 Å². The zero-order valence-corrected chi connectivity index (χ0v) is 29.6. The summed E-state index contributed by atoms with van der Waals surface area (Å²) < 4.78 is 5.40. The topological polar surface area (TPSA) is 146 Å². The highest BCUT2D eigenvalue weighted by atomic mass is 16.6. The normalized spacial score (nSPS) is 19.3. The van der Waals surface area contributed by atoms with Gasteiger partial charge in [0.25, 0.3) is 0 Å². The minimum absolute atomic E-state index is 0.0389. The number of rotatable bonds is 20. The molecule has 0 spiro atoms. The Morgan fingerprint density at radius 1 is 0.694 bits per heavy atom. The van der Waals surface area contributed by atoms with Crippen LogP contribution in [0.3, 0.4) is 0 Å². The molecule has 2 aliphatic rings. The summed E-state index contributed by atoms with van der Waals surface area (Å²) in [6.45, 7) is 9.89. The number of nitrogens with one attached hydrogen (secondary N) is 4. The Kier molecular flexibility index (Phi) is 13.5. The van der Waals surface area contributed by atoms with Crippen molar-refractivity contribution in [1.29, 1.82) is 0 Å². The fourth-order valence-corrected chi connectivity index (χ4v) is 5.96. The van der Waals surface area contributed by atoms with E-state index in [0.717, 1.165) is 24.0 Å². The number of aryl methyl sites for hydroxylation is 1. The highest BCUT2D eigenvalue weighted by Crippen LogP contribution is 2.32. The highest BCUT2D eigenvalue weighted by molar-refractivity contribution is 5.98. The number of epoxide rings is 1. The Bertz CT molecular complexity index is 1420. The predicted molar refractivity (Wildman–Crippen MR) is 188 cm³/mol. The third-order valence-corrected chi connectivity index (χ3v) is 9.08. The van der Waals surface area contributed by atoms with Crippen molar-refractivity contribution in [2.24, 2.45) is 17.8 Å². The number of hydrogen-bond donors (Lipinski definition) is 4. The maximum absolute atomic E-state index is 14.0. The molecule has 0 unspecified atom stereocenters. The van der Waals surface area contributed by atoms with Gasteiger partial charge in [0.05, 0.1) is 12.6 Å². The molecule has 4 amide bonds. The smallest absolute Gasteiger partial charge is 0.243 e. The summed E-state index contributed by atoms with van der Waals surface area (Å²) in [6.07, 6.45) is 4.30. The number of amides is 4. The zero-order chi connectivity index (χ0) is 35.6. The average Bonchev–Trinajstić information content (AvgIpc) is 4.01. The van der Waals surface area contributed by atoms with Crippen LogP contribution in [-0.4, -0.2) is 65.8 Å². The van der Waals surface area contributed by atoms with Crippen molar-refractivity contribution in [2.45, 2.75) is 116 Å². The van der Waals surface area contributed by atoms with Crippen LogP contribution in [-0.2, 0) is 41.6 Å². The van der Waals surface area contributed by atoms with E-state index in [9.17, 15) is 24.0 Å². The fraction of sp³-hybridized carbons (Fsp3) is 0.564. The lowest BCUT2D eigenvalue weighted by Gasteiger charge is -2.28. The highest BCUT2D eigenvalue weighted by Gasteiger charge is 2.50. The summed E-state index contributed by atoms with van der Waals surface area (Å²) in [4.78, 5) is 67.8. The largest absolute Gasteiger partial charge is 0.361 e. The van der Waals surface area contributed by atoms with E-state index < -0.39 is 47.5 Å². The lowest BCUT2D eigenvalue weighted by molar-refractivity contribution is -0.135. The average molecular weight is 675 g/mol. The van der Waals surface area contributed by atoms with Gasteiger partial charge >= 0.3 is 0 Å². The molecule has 266 valence electrons. The third-order valence-electron chi connectivity index (χ3n) is 9.08. The number of carbonyl (C=O) groups excluding carboxylic acids is 5. The molecule has 5 atom stereocenters. The van der Waals surface area contributed by atoms with Gasteiger partial charge in [-0.05, 0) is 74.3 Å². The first-order chi connectivity index (χ1) is 23.3. The Hall–Kier alpha value is -4.05. The Labute approximate surface area is 290 Å². The molecule has 2 fully saturated rings. The number of ether oxygens (including phenoxy) is 1. The monoisotopic (exact) mass is 674 g/mol. The van der Waals surface area contributed by atoms with E-state index in [1.54, 1.807) is 6.92 Å². The molecular weight excluding hydrogens is 620 g/mol. The van der Waals surface area contributed by atoms with Gasteiger partial charge in [0.1, 0.15) is 23.7 Å². The second-order valence-corrected chi connectivity index (χ2v) is 14.8. The molecule has 2 aromatic rings. The van der Waals surface area contributed by atoms with E-state index in [-0.39, 0.29) is 29.9 Å². The second kappa shape index (κ2) is 17.6. The molecule has 2 aromatic carbocycles. The van der Waals surface area contributed by atoms with Crippen molar-refractivity contribution < 1.29 is 28.7 Å². The van der Waals surface area contributed by atoms with Crippen LogP contribution in [0.1, 0.15) is 84.3 Å². The van der Waals surface area contributed by atoms with Crippen LogP contribution in [0.5, 0.6) is 0 Å². The minimum Gasteiger partial charge on any atom is -0.361 e. The summed E-state index contributed by atoms with van der Waals surface area (Å²) in [7, 11) is 0. The first-order valence-electron chi connectivity index (χ1n) is 17.8. The minimum atomic E-state index is -1.01. The molecule has 10 heteroatoms. The molecule has 1 heterocycles. The van der Waals surface area contributed by atoms with Crippen molar-refractivity contribution in [1.82, 2.24) is 21.3 Å². The molecule has 49 heavy (non-hydrogen) atoms. The first kappa shape index (κ1) is 37.8. The maximum atomic E-state index is 14.0. The Morgan fingerprint density at radius 2 is 1.18 bits per heavy atom. The van der Waals surface area contributed by atoms with Crippen LogP contribution in [0.15, 0.2) is 60.7 Å². The van der Waals surface area contributed by atoms with Crippen LogP contribution >= 0.6 is 0 Å². The van der Waals surface area contributed by atoms with E-state index in [4.69, 9.17) is 4.74 Å². The van der Waals surface area contributed by atoms with E-state index >= 15 is 0 Å². The first-order valence-corrected chi connectivity index (χ1v) is 17.8. The van der Waals surface area contributed by atoms with Crippen molar-refractivity contribution in [3.63, 3.8) is 0 Å². The van der Waals surface area contributed by atoms with Crippen LogP contribution in [0.25, 0.3) is 0 Å². The maximum Gasteiger partial charge on any atom is 0.243 e. The predicted octanol–water partition coefficient (Wildman–Crippen LogP) is 4.05. The van der Waals surface area contributed by atoms with Crippen LogP contribution in [0, 0.1) is 17.8 Å². The number of carbonyl (C=O) groups is 5. The molecule has 0 aromatic heterocycles. The summed E-state index contributed by atoms with van der Waals surface area (Å²) in [5.74, 6) is -1.26. The van der Waals surface area contributed by atoms with Gasteiger partial charge in [0, 0.05) is 12.8 Å². The summed E-state index contributed by atoms with van der Waals surface area (Å²) >= 11 is 0. The molecule has 0 radical (unpaired) electrons. The molecule has 0 bridgehead atoms. The fourth-order valence-electron chi connectivity index (χ4n) is 5.96. The van der Waals surface area contributed by atoms with Gasteiger partial charge in [-0.2, -0.15) is 0 Å². The standard InChI is InChI=1S/C39H54N4O6/c1-25(2)20-31(35(45)39(5)24-49-39)41-38(48)33(22-28-14-10-7-11-15-28)43-37(47)32(21-26(3)4)42-36(46)30(40-34(44)23-29-16-17-29)19-18-27-12-8-6-9-13-27/h6-15,25-26,29-33H,16-24H2,1-5H3,(H,40,44)(H,41,48)(H,42,46)(H,43,47)/t30-,31-,32-,33-,39+/m0/s1. The molecule has 1 saturated carbocycles. The van der Waals surface area contributed by atoms with E-state index in [0.29, 0.717) is 44.6 Å². The van der Waals surface area contributed by atoms with Gasteiger partial charge in [0.2, 0.25) is 23.6 Å². The quantitative estimate of drug-likeness (QED) is 0.156. The van der Waals surface area contributed by atoms with Gasteiger partial charge in [-0.1, -0.05) is 88.4 Å².